The lowest BCUT2D eigenvalue weighted by atomic mass is 9.65. The van der Waals surface area contributed by atoms with E-state index in [1.165, 1.54) is 43.2 Å². The summed E-state index contributed by atoms with van der Waals surface area (Å²) in [5, 5.41) is 0. The van der Waals surface area contributed by atoms with Gasteiger partial charge in [-0.05, 0) is 72.7 Å². The van der Waals surface area contributed by atoms with Crippen LogP contribution < -0.4 is 0 Å². The molecule has 3 rings (SSSR count). The van der Waals surface area contributed by atoms with Crippen LogP contribution in [0.5, 0.6) is 0 Å². The number of aliphatic imine (C=N–C) groups is 1. The molecular weight excluding hydrogens is 409 g/mol. The summed E-state index contributed by atoms with van der Waals surface area (Å²) in [4.78, 5) is 5.38. The molecule has 1 aromatic rings. The molecule has 0 bridgehead atoms. The second kappa shape index (κ2) is 11.0. The maximum atomic E-state index is 6.50. The highest BCUT2D eigenvalue weighted by molar-refractivity contribution is 7.39. The Bertz CT molecular complexity index is 772. The number of hydrogen-bond donors (Lipinski definition) is 0. The predicted octanol–water partition coefficient (Wildman–Crippen LogP) is 8.23. The topological polar surface area (TPSA) is 21.6 Å². The van der Waals surface area contributed by atoms with Gasteiger partial charge in [-0.2, -0.15) is 0 Å². The van der Waals surface area contributed by atoms with E-state index in [1.807, 2.05) is 0 Å². The lowest BCUT2D eigenvalue weighted by Gasteiger charge is -2.47. The lowest BCUT2D eigenvalue weighted by Crippen LogP contribution is -2.45. The van der Waals surface area contributed by atoms with Crippen LogP contribution in [0, 0.1) is 30.1 Å². The second-order valence-corrected chi connectivity index (χ2v) is 13.5. The Balaban J connectivity index is 1.86. The Labute approximate surface area is 200 Å². The van der Waals surface area contributed by atoms with Gasteiger partial charge in [0.15, 0.2) is 5.90 Å². The second-order valence-electron chi connectivity index (χ2n) is 11.5. The van der Waals surface area contributed by atoms with Crippen molar-refractivity contribution in [2.45, 2.75) is 111 Å². The van der Waals surface area contributed by atoms with Crippen molar-refractivity contribution in [3.63, 3.8) is 0 Å². The number of benzene rings is 1. The highest BCUT2D eigenvalue weighted by Crippen LogP contribution is 2.53. The molecule has 2 aliphatic rings. The van der Waals surface area contributed by atoms with Crippen molar-refractivity contribution in [2.75, 3.05) is 6.61 Å². The Morgan fingerprint density at radius 1 is 1.22 bits per heavy atom. The van der Waals surface area contributed by atoms with Crippen LogP contribution in [0.3, 0.4) is 0 Å². The summed E-state index contributed by atoms with van der Waals surface area (Å²) in [5.41, 5.74) is 4.62. The predicted molar refractivity (Wildman–Crippen MR) is 143 cm³/mol. The van der Waals surface area contributed by atoms with E-state index in [1.54, 1.807) is 0 Å². The maximum absolute atomic E-state index is 6.50. The van der Waals surface area contributed by atoms with Gasteiger partial charge in [0.2, 0.25) is 0 Å². The first-order valence-corrected chi connectivity index (χ1v) is 14.4. The van der Waals surface area contributed by atoms with Crippen molar-refractivity contribution in [1.29, 1.82) is 0 Å². The molecule has 1 fully saturated rings. The highest BCUT2D eigenvalue weighted by Gasteiger charge is 2.48. The summed E-state index contributed by atoms with van der Waals surface area (Å²) >= 11 is 0. The zero-order valence-corrected chi connectivity index (χ0v) is 22.9. The molecule has 0 amide bonds. The third-order valence-corrected chi connectivity index (χ3v) is 10.7. The molecule has 0 radical (unpaired) electrons. The molecule has 32 heavy (non-hydrogen) atoms. The molecule has 1 saturated carbocycles. The van der Waals surface area contributed by atoms with Crippen LogP contribution in [0.4, 0.5) is 0 Å². The van der Waals surface area contributed by atoms with E-state index in [9.17, 15) is 0 Å². The van der Waals surface area contributed by atoms with Crippen LogP contribution >= 0.6 is 8.58 Å². The summed E-state index contributed by atoms with van der Waals surface area (Å²) < 4.78 is 6.50. The van der Waals surface area contributed by atoms with Crippen molar-refractivity contribution >= 4 is 14.5 Å². The third kappa shape index (κ3) is 5.78. The number of ether oxygens (including phenoxy) is 1. The third-order valence-electron chi connectivity index (χ3n) is 8.42. The minimum atomic E-state index is 0.272. The molecular formula is C29H48NOP. The molecule has 1 aliphatic heterocycles. The first-order valence-electron chi connectivity index (χ1n) is 13.2. The molecule has 0 spiro atoms. The Kier molecular flexibility index (Phi) is 8.87. The molecule has 3 heteroatoms. The highest BCUT2D eigenvalue weighted by atomic mass is 31.1. The monoisotopic (exact) mass is 457 g/mol. The summed E-state index contributed by atoms with van der Waals surface area (Å²) in [5.74, 6) is 3.38. The summed E-state index contributed by atoms with van der Waals surface area (Å²) in [6.45, 7) is 19.9. The van der Waals surface area contributed by atoms with Crippen LogP contribution in [0.15, 0.2) is 29.3 Å². The van der Waals surface area contributed by atoms with Crippen LogP contribution in [-0.4, -0.2) is 29.9 Å². The summed E-state index contributed by atoms with van der Waals surface area (Å²) in [6.07, 6.45) is 6.33. The van der Waals surface area contributed by atoms with E-state index < -0.39 is 0 Å². The number of aryl methyl sites for hydroxylation is 1. The molecule has 2 nitrogen and oxygen atoms in total. The normalized spacial score (nSPS) is 30.7. The van der Waals surface area contributed by atoms with E-state index in [-0.39, 0.29) is 11.5 Å². The number of rotatable bonds is 9. The molecule has 1 aromatic carbocycles. The summed E-state index contributed by atoms with van der Waals surface area (Å²) in [7, 11) is 1.01. The van der Waals surface area contributed by atoms with Crippen molar-refractivity contribution in [1.82, 2.24) is 0 Å². The van der Waals surface area contributed by atoms with Gasteiger partial charge >= 0.3 is 0 Å². The van der Waals surface area contributed by atoms with Gasteiger partial charge in [0.05, 0.1) is 6.04 Å². The molecule has 1 heterocycles. The van der Waals surface area contributed by atoms with Crippen LogP contribution in [0.25, 0.3) is 0 Å². The molecule has 0 saturated heterocycles. The molecule has 0 aromatic heterocycles. The fourth-order valence-electron chi connectivity index (χ4n) is 6.01. The zero-order valence-electron chi connectivity index (χ0n) is 21.9. The average Bonchev–Trinajstić information content (AvgIpc) is 3.23. The molecule has 8 atom stereocenters. The largest absolute Gasteiger partial charge is 0.478 e. The van der Waals surface area contributed by atoms with Crippen molar-refractivity contribution < 1.29 is 4.74 Å². The molecule has 180 valence electrons. The Morgan fingerprint density at radius 3 is 2.62 bits per heavy atom. The van der Waals surface area contributed by atoms with E-state index in [0.717, 1.165) is 32.7 Å². The van der Waals surface area contributed by atoms with Gasteiger partial charge in [0.1, 0.15) is 6.61 Å². The SMILES string of the molecule is CCCC(c1cccc(C)c1)[C@@H](C)C1COC([C@H]2C(PC(C)CC)C(C)CCC2(C)C)=N1. The van der Waals surface area contributed by atoms with Gasteiger partial charge in [0.25, 0.3) is 0 Å². The van der Waals surface area contributed by atoms with E-state index in [4.69, 9.17) is 9.73 Å². The van der Waals surface area contributed by atoms with E-state index in [2.05, 4.69) is 79.7 Å². The molecule has 0 N–H and O–H groups in total. The Hall–Kier alpha value is -0.880. The van der Waals surface area contributed by atoms with Crippen molar-refractivity contribution in [3.05, 3.63) is 35.4 Å². The van der Waals surface area contributed by atoms with Crippen LogP contribution in [-0.2, 0) is 4.74 Å². The van der Waals surface area contributed by atoms with Crippen molar-refractivity contribution in [3.8, 4) is 0 Å². The van der Waals surface area contributed by atoms with Crippen molar-refractivity contribution in [2.24, 2.45) is 28.2 Å². The van der Waals surface area contributed by atoms with E-state index in [0.29, 0.717) is 23.4 Å². The zero-order chi connectivity index (χ0) is 23.5. The number of hydrogen-bond acceptors (Lipinski definition) is 2. The van der Waals surface area contributed by atoms with Gasteiger partial charge in [-0.1, -0.05) is 84.7 Å². The summed E-state index contributed by atoms with van der Waals surface area (Å²) in [6, 6.07) is 9.40. The lowest BCUT2D eigenvalue weighted by molar-refractivity contribution is 0.136. The fraction of sp³-hybridized carbons (Fsp3) is 0.759. The quantitative estimate of drug-likeness (QED) is 0.342. The molecule has 1 aliphatic carbocycles. The standard InChI is InChI=1S/C29H48NOP/c1-9-12-24(23-14-11-13-19(3)17-23)22(6)25-18-31-28(30-25)26-27(32-21(5)10-2)20(4)15-16-29(26,7)8/h11,13-14,17,20-22,24-27,32H,9-10,12,15-16,18H2,1-8H3/t20?,21?,22-,24?,25?,26-,27?/m1/s1. The minimum Gasteiger partial charge on any atom is -0.478 e. The minimum absolute atomic E-state index is 0.272. The first kappa shape index (κ1) is 25.7. The van der Waals surface area contributed by atoms with Gasteiger partial charge in [-0.25, -0.2) is 4.99 Å². The maximum Gasteiger partial charge on any atom is 0.188 e. The fourth-order valence-corrected chi connectivity index (χ4v) is 8.18. The Morgan fingerprint density at radius 2 is 1.97 bits per heavy atom. The average molecular weight is 458 g/mol. The number of nitrogens with zero attached hydrogens (tertiary/aromatic N) is 1. The molecule has 6 unspecified atom stereocenters. The first-order chi connectivity index (χ1) is 15.2. The van der Waals surface area contributed by atoms with Crippen LogP contribution in [0.2, 0.25) is 0 Å². The van der Waals surface area contributed by atoms with Gasteiger partial charge in [-0.15, -0.1) is 8.58 Å². The smallest absolute Gasteiger partial charge is 0.188 e. The van der Waals surface area contributed by atoms with Gasteiger partial charge in [0, 0.05) is 5.92 Å². The van der Waals surface area contributed by atoms with Gasteiger partial charge in [-0.3, -0.25) is 0 Å². The van der Waals surface area contributed by atoms with Gasteiger partial charge < -0.3 is 4.74 Å². The van der Waals surface area contributed by atoms with E-state index >= 15 is 0 Å². The van der Waals surface area contributed by atoms with Crippen LogP contribution in [0.1, 0.15) is 97.6 Å².